The number of rotatable bonds is 0. The van der Waals surface area contributed by atoms with Gasteiger partial charge in [-0.2, -0.15) is 8.97 Å². The maximum absolute atomic E-state index is 6.93. The summed E-state index contributed by atoms with van der Waals surface area (Å²) in [7, 11) is 2.09. The Hall–Kier alpha value is -5.62. The third-order valence-electron chi connectivity index (χ3n) is 9.54. The van der Waals surface area contributed by atoms with E-state index in [9.17, 15) is 0 Å². The van der Waals surface area contributed by atoms with Gasteiger partial charge in [0.15, 0.2) is 0 Å². The summed E-state index contributed by atoms with van der Waals surface area (Å²) in [5, 5.41) is 7.39. The molecule has 0 amide bonds. The number of para-hydroxylation sites is 2. The van der Waals surface area contributed by atoms with Crippen LogP contribution in [0, 0.1) is 0 Å². The molecular formula is C36H23N5O+2. The van der Waals surface area contributed by atoms with Crippen LogP contribution >= 0.6 is 0 Å². The summed E-state index contributed by atoms with van der Waals surface area (Å²) >= 11 is 0. The molecule has 6 nitrogen and oxygen atoms in total. The molecule has 0 fully saturated rings. The smallest absolute Gasteiger partial charge is 0.302 e. The number of aromatic nitrogens is 5. The second-order valence-corrected chi connectivity index (χ2v) is 11.5. The van der Waals surface area contributed by atoms with Gasteiger partial charge in [0.1, 0.15) is 22.9 Å². The van der Waals surface area contributed by atoms with Gasteiger partial charge >= 0.3 is 5.65 Å². The van der Waals surface area contributed by atoms with Crippen LogP contribution in [0.5, 0.6) is 0 Å². The molecule has 1 aliphatic rings. The van der Waals surface area contributed by atoms with Crippen LogP contribution in [0.3, 0.4) is 0 Å². The van der Waals surface area contributed by atoms with Crippen molar-refractivity contribution < 1.29 is 13.4 Å². The number of pyridine rings is 2. The number of aryl methyl sites for hydroxylation is 1. The van der Waals surface area contributed by atoms with Crippen molar-refractivity contribution in [3.05, 3.63) is 109 Å². The number of fused-ring (bicyclic) bond motifs is 9. The summed E-state index contributed by atoms with van der Waals surface area (Å²) in [6, 6.07) is 30.5. The second kappa shape index (κ2) is 6.98. The van der Waals surface area contributed by atoms with Gasteiger partial charge in [-0.15, -0.1) is 0 Å². The zero-order chi connectivity index (χ0) is 27.3. The van der Waals surface area contributed by atoms with Gasteiger partial charge in [0, 0.05) is 45.8 Å². The predicted molar refractivity (Wildman–Crippen MR) is 167 cm³/mol. The second-order valence-electron chi connectivity index (χ2n) is 11.5. The molecule has 3 aromatic carbocycles. The lowest BCUT2D eigenvalue weighted by molar-refractivity contribution is -0.629. The Balaban J connectivity index is 1.56. The minimum atomic E-state index is 0.786. The van der Waals surface area contributed by atoms with Gasteiger partial charge in [-0.3, -0.25) is 4.40 Å². The molecule has 0 saturated heterocycles. The summed E-state index contributed by atoms with van der Waals surface area (Å²) < 4.78 is 18.7. The third-order valence-corrected chi connectivity index (χ3v) is 9.54. The highest BCUT2D eigenvalue weighted by Gasteiger charge is 2.27. The molecular weight excluding hydrogens is 518 g/mol. The molecule has 196 valence electrons. The van der Waals surface area contributed by atoms with Crippen LogP contribution in [0.2, 0.25) is 0 Å². The average Bonchev–Trinajstić information content (AvgIpc) is 3.66. The highest BCUT2D eigenvalue weighted by Crippen LogP contribution is 2.44. The van der Waals surface area contributed by atoms with Crippen LogP contribution in [0.1, 0.15) is 5.56 Å². The fourth-order valence-electron chi connectivity index (χ4n) is 7.85. The summed E-state index contributed by atoms with van der Waals surface area (Å²) in [6.45, 7) is 0.786. The number of hydrogen-bond acceptors (Lipinski definition) is 1. The molecule has 11 rings (SSSR count). The standard InChI is InChI=1S/C36H23N5O/c1-37-30-14-5-15-31(37)42-29-17-16-24-22-9-4-10-23-26-12-7-19-39-28(32(29)34(24)41(33(22)23)36(26)39)20-38-18-6-11-25-21-8-2-3-13-27(21)40(30)35(25)38/h2-18,20H,19H2,1H3/q+2. The third kappa shape index (κ3) is 2.25. The molecule has 0 radical (unpaired) electrons. The van der Waals surface area contributed by atoms with Crippen LogP contribution in [0.15, 0.2) is 108 Å². The van der Waals surface area contributed by atoms with E-state index in [0.717, 1.165) is 45.6 Å². The molecule has 0 spiro atoms. The molecule has 0 N–H and O–H groups in total. The van der Waals surface area contributed by atoms with Crippen molar-refractivity contribution in [1.82, 2.24) is 13.4 Å². The molecule has 1 aliphatic heterocycles. The molecule has 2 bridgehead atoms. The summed E-state index contributed by atoms with van der Waals surface area (Å²) in [5.41, 5.74) is 11.1. The van der Waals surface area contributed by atoms with Crippen molar-refractivity contribution in [2.75, 3.05) is 0 Å². The number of benzene rings is 3. The predicted octanol–water partition coefficient (Wildman–Crippen LogP) is 7.10. The van der Waals surface area contributed by atoms with Crippen molar-refractivity contribution in [3.8, 4) is 0 Å². The maximum Gasteiger partial charge on any atom is 0.302 e. The fraction of sp³-hybridized carbons (Fsp3) is 0.0556. The lowest BCUT2D eigenvalue weighted by Gasteiger charge is -2.17. The van der Waals surface area contributed by atoms with Crippen LogP contribution < -0.4 is 8.97 Å². The minimum Gasteiger partial charge on any atom is -0.422 e. The van der Waals surface area contributed by atoms with Crippen molar-refractivity contribution in [1.29, 1.82) is 0 Å². The maximum atomic E-state index is 6.93. The first-order valence-corrected chi connectivity index (χ1v) is 14.4. The Morgan fingerprint density at radius 1 is 0.714 bits per heavy atom. The first kappa shape index (κ1) is 21.2. The molecule has 7 aromatic heterocycles. The van der Waals surface area contributed by atoms with Gasteiger partial charge in [-0.25, -0.2) is 4.40 Å². The van der Waals surface area contributed by atoms with Gasteiger partial charge in [0.25, 0.3) is 11.4 Å². The average molecular weight is 542 g/mol. The van der Waals surface area contributed by atoms with E-state index < -0.39 is 0 Å². The largest absolute Gasteiger partial charge is 0.422 e. The monoisotopic (exact) mass is 541 g/mol. The fourth-order valence-corrected chi connectivity index (χ4v) is 7.85. The zero-order valence-electron chi connectivity index (χ0n) is 22.7. The first-order chi connectivity index (χ1) is 20.8. The van der Waals surface area contributed by atoms with E-state index >= 15 is 0 Å². The normalized spacial score (nSPS) is 13.6. The first-order valence-electron chi connectivity index (χ1n) is 14.4. The van der Waals surface area contributed by atoms with E-state index in [1.807, 2.05) is 0 Å². The highest BCUT2D eigenvalue weighted by atomic mass is 16.3. The quantitative estimate of drug-likeness (QED) is 0.189. The zero-order valence-corrected chi connectivity index (χ0v) is 22.7. The topological polar surface area (TPSA) is 34.9 Å². The lowest BCUT2D eigenvalue weighted by atomic mass is 10.0. The molecule has 10 aromatic rings. The minimum absolute atomic E-state index is 0.786. The summed E-state index contributed by atoms with van der Waals surface area (Å²) in [5.74, 6) is 0. The van der Waals surface area contributed by atoms with Crippen molar-refractivity contribution in [2.24, 2.45) is 7.05 Å². The SMILES string of the molecule is C[n+]1c2cccc1n1c3ccccc3c3ccc[n+](cc4c5c(ccc6c7cccc8c9c(n4CC=C9)n(c87)c65)o2)c31. The van der Waals surface area contributed by atoms with Gasteiger partial charge in [0.05, 0.1) is 40.6 Å². The van der Waals surface area contributed by atoms with Crippen molar-refractivity contribution in [2.45, 2.75) is 6.54 Å². The Kier molecular flexibility index (Phi) is 3.52. The molecule has 42 heavy (non-hydrogen) atoms. The molecule has 8 heterocycles. The molecule has 6 heteroatoms. The molecule has 0 unspecified atom stereocenters. The molecule has 0 saturated carbocycles. The summed E-state index contributed by atoms with van der Waals surface area (Å²) in [4.78, 5) is 0. The van der Waals surface area contributed by atoms with E-state index in [-0.39, 0.29) is 0 Å². The Morgan fingerprint density at radius 3 is 2.52 bits per heavy atom. The van der Waals surface area contributed by atoms with E-state index in [1.165, 1.54) is 49.2 Å². The van der Waals surface area contributed by atoms with E-state index in [0.29, 0.717) is 0 Å². The van der Waals surface area contributed by atoms with E-state index in [1.54, 1.807) is 0 Å². The van der Waals surface area contributed by atoms with Crippen molar-refractivity contribution >= 4 is 88.7 Å². The Labute approximate surface area is 237 Å². The molecule has 0 atom stereocenters. The van der Waals surface area contributed by atoms with E-state index in [4.69, 9.17) is 4.42 Å². The molecule has 0 aliphatic carbocycles. The summed E-state index contributed by atoms with van der Waals surface area (Å²) in [6.07, 6.45) is 9.08. The van der Waals surface area contributed by atoms with Gasteiger partial charge in [-0.1, -0.05) is 42.5 Å². The van der Waals surface area contributed by atoms with Crippen LogP contribution in [0.25, 0.3) is 88.7 Å². The van der Waals surface area contributed by atoms with Gasteiger partial charge in [0.2, 0.25) is 0 Å². The Bertz CT molecular complexity index is 2890. The Morgan fingerprint density at radius 2 is 1.55 bits per heavy atom. The number of allylic oxidation sites excluding steroid dienone is 1. The van der Waals surface area contributed by atoms with Crippen LogP contribution in [-0.2, 0) is 13.6 Å². The van der Waals surface area contributed by atoms with Crippen molar-refractivity contribution in [3.63, 3.8) is 0 Å². The number of hydrogen-bond donors (Lipinski definition) is 0. The van der Waals surface area contributed by atoms with E-state index in [2.05, 4.69) is 139 Å². The lowest BCUT2D eigenvalue weighted by Crippen LogP contribution is -2.32. The van der Waals surface area contributed by atoms with Crippen LogP contribution in [0.4, 0.5) is 0 Å². The van der Waals surface area contributed by atoms with Gasteiger partial charge in [-0.05, 0) is 42.5 Å². The highest BCUT2D eigenvalue weighted by molar-refractivity contribution is 6.27. The van der Waals surface area contributed by atoms with Gasteiger partial charge < -0.3 is 8.98 Å². The van der Waals surface area contributed by atoms with Crippen LogP contribution in [-0.4, -0.2) is 13.4 Å². The number of nitrogens with zero attached hydrogens (tertiary/aromatic N) is 5.